The zero-order valence-corrected chi connectivity index (χ0v) is 14.5. The average Bonchev–Trinajstić information content (AvgIpc) is 3.29. The molecule has 1 aromatic rings. The van der Waals surface area contributed by atoms with E-state index in [1.54, 1.807) is 25.1 Å². The van der Waals surface area contributed by atoms with Crippen molar-refractivity contribution in [1.29, 1.82) is 0 Å². The highest BCUT2D eigenvalue weighted by Gasteiger charge is 2.20. The molecule has 0 saturated carbocycles. The van der Waals surface area contributed by atoms with Gasteiger partial charge in [-0.2, -0.15) is 0 Å². The zero-order valence-electron chi connectivity index (χ0n) is 14.5. The average molecular weight is 347 g/mol. The van der Waals surface area contributed by atoms with E-state index in [4.69, 9.17) is 9.47 Å². The van der Waals surface area contributed by atoms with E-state index in [1.165, 1.54) is 12.8 Å². The summed E-state index contributed by atoms with van der Waals surface area (Å²) in [6.07, 6.45) is 2.94. The maximum atomic E-state index is 12.4. The van der Waals surface area contributed by atoms with Gasteiger partial charge in [-0.15, -0.1) is 0 Å². The summed E-state index contributed by atoms with van der Waals surface area (Å²) < 4.78 is 10.5. The number of benzene rings is 1. The Morgan fingerprint density at radius 2 is 1.96 bits per heavy atom. The van der Waals surface area contributed by atoms with Gasteiger partial charge in [0.2, 0.25) is 12.7 Å². The van der Waals surface area contributed by atoms with Crippen LogP contribution in [0.15, 0.2) is 18.2 Å². The number of hydrogen-bond donors (Lipinski definition) is 2. The minimum atomic E-state index is -0.403. The third-order valence-corrected chi connectivity index (χ3v) is 4.60. The Morgan fingerprint density at radius 3 is 2.76 bits per heavy atom. The molecule has 25 heavy (non-hydrogen) atoms. The second kappa shape index (κ2) is 8.31. The van der Waals surface area contributed by atoms with Crippen molar-refractivity contribution in [2.75, 3.05) is 33.1 Å². The first-order chi connectivity index (χ1) is 12.1. The van der Waals surface area contributed by atoms with Gasteiger partial charge >= 0.3 is 0 Å². The molecule has 7 nitrogen and oxygen atoms in total. The van der Waals surface area contributed by atoms with E-state index in [-0.39, 0.29) is 25.2 Å². The smallest absolute Gasteiger partial charge is 0.231 e. The van der Waals surface area contributed by atoms with Crippen LogP contribution in [0.3, 0.4) is 0 Å². The lowest BCUT2D eigenvalue weighted by molar-refractivity contribution is -0.121. The van der Waals surface area contributed by atoms with Gasteiger partial charge in [0, 0.05) is 18.5 Å². The number of amides is 1. The highest BCUT2D eigenvalue weighted by atomic mass is 16.7. The van der Waals surface area contributed by atoms with Crippen molar-refractivity contribution >= 4 is 11.7 Å². The van der Waals surface area contributed by atoms with Crippen molar-refractivity contribution in [2.24, 2.45) is 0 Å². The third kappa shape index (κ3) is 4.70. The van der Waals surface area contributed by atoms with Crippen molar-refractivity contribution in [1.82, 2.24) is 15.5 Å². The van der Waals surface area contributed by atoms with E-state index >= 15 is 0 Å². The molecule has 2 aliphatic rings. The van der Waals surface area contributed by atoms with E-state index < -0.39 is 6.04 Å². The number of nitrogens with one attached hydrogen (secondary N) is 2. The first-order valence-electron chi connectivity index (χ1n) is 8.80. The number of carbonyl (C=O) groups is 2. The van der Waals surface area contributed by atoms with Gasteiger partial charge in [-0.3, -0.25) is 14.9 Å². The quantitative estimate of drug-likeness (QED) is 0.542. The minimum absolute atomic E-state index is 0.00197. The molecule has 0 aromatic heterocycles. The van der Waals surface area contributed by atoms with Gasteiger partial charge in [0.15, 0.2) is 17.3 Å². The summed E-state index contributed by atoms with van der Waals surface area (Å²) in [5.74, 6) is 1.20. The van der Waals surface area contributed by atoms with Crippen molar-refractivity contribution in [3.05, 3.63) is 23.8 Å². The standard InChI is InChI=1S/C18H25N3O4/c1-13(18(23)14-4-5-15-16(10-14)25-12-24-15)19-11-20-17(22)6-9-21-7-2-3-8-21/h4-5,10,13,19H,2-3,6-9,11-12H2,1H3,(H,20,22). The number of hydrogen-bond acceptors (Lipinski definition) is 6. The molecule has 1 fully saturated rings. The molecule has 1 saturated heterocycles. The van der Waals surface area contributed by atoms with E-state index in [0.717, 1.165) is 19.6 Å². The summed E-state index contributed by atoms with van der Waals surface area (Å²) in [6, 6.07) is 4.75. The fourth-order valence-corrected chi connectivity index (χ4v) is 3.05. The number of fused-ring (bicyclic) bond motifs is 1. The van der Waals surface area contributed by atoms with Crippen LogP contribution in [0, 0.1) is 0 Å². The van der Waals surface area contributed by atoms with Crippen LogP contribution < -0.4 is 20.1 Å². The molecule has 0 spiro atoms. The molecule has 0 bridgehead atoms. The zero-order chi connectivity index (χ0) is 17.6. The summed E-state index contributed by atoms with van der Waals surface area (Å²) in [6.45, 7) is 5.22. The van der Waals surface area contributed by atoms with E-state index in [9.17, 15) is 9.59 Å². The first-order valence-corrected chi connectivity index (χ1v) is 8.80. The van der Waals surface area contributed by atoms with Gasteiger partial charge in [0.1, 0.15) is 0 Å². The van der Waals surface area contributed by atoms with Crippen LogP contribution in [0.4, 0.5) is 0 Å². The molecular formula is C18H25N3O4. The van der Waals surface area contributed by atoms with Crippen LogP contribution in [0.1, 0.15) is 36.5 Å². The molecule has 1 aromatic carbocycles. The molecule has 2 heterocycles. The second-order valence-electron chi connectivity index (χ2n) is 6.43. The number of nitrogens with zero attached hydrogens (tertiary/aromatic N) is 1. The number of ether oxygens (including phenoxy) is 2. The normalized spacial score (nSPS) is 17.5. The van der Waals surface area contributed by atoms with E-state index in [1.807, 2.05) is 0 Å². The number of Topliss-reactive ketones (excluding diaryl/α,β-unsaturated/α-hetero) is 1. The van der Waals surface area contributed by atoms with Crippen LogP contribution in [0.25, 0.3) is 0 Å². The van der Waals surface area contributed by atoms with Gasteiger partial charge in [0.05, 0.1) is 12.7 Å². The summed E-state index contributed by atoms with van der Waals surface area (Å²) in [7, 11) is 0. The number of carbonyl (C=O) groups excluding carboxylic acids is 2. The SMILES string of the molecule is CC(NCNC(=O)CCN1CCCC1)C(=O)c1ccc2c(c1)OCO2. The largest absolute Gasteiger partial charge is 0.454 e. The summed E-state index contributed by atoms with van der Waals surface area (Å²) in [4.78, 5) is 26.6. The molecule has 1 unspecified atom stereocenters. The Balaban J connectivity index is 1.38. The Hall–Kier alpha value is -2.12. The van der Waals surface area contributed by atoms with Crippen LogP contribution in [0.5, 0.6) is 11.5 Å². The molecule has 136 valence electrons. The van der Waals surface area contributed by atoms with Gasteiger partial charge < -0.3 is 19.7 Å². The fraction of sp³-hybridized carbons (Fsp3) is 0.556. The fourth-order valence-electron chi connectivity index (χ4n) is 3.05. The maximum absolute atomic E-state index is 12.4. The van der Waals surface area contributed by atoms with Gasteiger partial charge in [-0.25, -0.2) is 0 Å². The molecule has 0 radical (unpaired) electrons. The highest BCUT2D eigenvalue weighted by molar-refractivity contribution is 6.00. The van der Waals surface area contributed by atoms with Crippen LogP contribution in [0.2, 0.25) is 0 Å². The molecule has 2 aliphatic heterocycles. The van der Waals surface area contributed by atoms with Crippen LogP contribution >= 0.6 is 0 Å². The Kier molecular flexibility index (Phi) is 5.88. The lowest BCUT2D eigenvalue weighted by Crippen LogP contribution is -2.42. The molecule has 1 amide bonds. The van der Waals surface area contributed by atoms with E-state index in [2.05, 4.69) is 15.5 Å². The van der Waals surface area contributed by atoms with Gasteiger partial charge in [-0.05, 0) is 51.1 Å². The number of ketones is 1. The van der Waals surface area contributed by atoms with E-state index in [0.29, 0.717) is 23.5 Å². The van der Waals surface area contributed by atoms with Crippen molar-refractivity contribution in [3.63, 3.8) is 0 Å². The molecule has 7 heteroatoms. The lowest BCUT2D eigenvalue weighted by atomic mass is 10.1. The predicted octanol–water partition coefficient (Wildman–Crippen LogP) is 1.14. The van der Waals surface area contributed by atoms with Crippen molar-refractivity contribution < 1.29 is 19.1 Å². The van der Waals surface area contributed by atoms with Crippen molar-refractivity contribution in [2.45, 2.75) is 32.2 Å². The monoisotopic (exact) mass is 347 g/mol. The Bertz CT molecular complexity index is 629. The summed E-state index contributed by atoms with van der Waals surface area (Å²) in [5.41, 5.74) is 0.560. The van der Waals surface area contributed by atoms with Crippen LogP contribution in [-0.4, -0.2) is 55.7 Å². The number of likely N-dealkylation sites (tertiary alicyclic amines) is 1. The summed E-state index contributed by atoms with van der Waals surface area (Å²) >= 11 is 0. The Morgan fingerprint density at radius 1 is 1.20 bits per heavy atom. The predicted molar refractivity (Wildman–Crippen MR) is 92.8 cm³/mol. The van der Waals surface area contributed by atoms with Crippen molar-refractivity contribution in [3.8, 4) is 11.5 Å². The molecular weight excluding hydrogens is 322 g/mol. The summed E-state index contributed by atoms with van der Waals surface area (Å²) in [5, 5.41) is 5.85. The van der Waals surface area contributed by atoms with Crippen LogP contribution in [-0.2, 0) is 4.79 Å². The first kappa shape index (κ1) is 17.7. The third-order valence-electron chi connectivity index (χ3n) is 4.60. The topological polar surface area (TPSA) is 79.9 Å². The lowest BCUT2D eigenvalue weighted by Gasteiger charge is -2.16. The van der Waals surface area contributed by atoms with Gasteiger partial charge in [0.25, 0.3) is 0 Å². The molecule has 1 atom stereocenters. The Labute approximate surface area is 147 Å². The molecule has 0 aliphatic carbocycles. The second-order valence-corrected chi connectivity index (χ2v) is 6.43. The molecule has 2 N–H and O–H groups in total. The maximum Gasteiger partial charge on any atom is 0.231 e. The van der Waals surface area contributed by atoms with Gasteiger partial charge in [-0.1, -0.05) is 0 Å². The number of rotatable bonds is 8. The highest BCUT2D eigenvalue weighted by Crippen LogP contribution is 2.32. The molecule has 3 rings (SSSR count). The minimum Gasteiger partial charge on any atom is -0.454 e.